The maximum Gasteiger partial charge on any atom is 0.404 e. The molecule has 3 nitrogen and oxygen atoms in total. The van der Waals surface area contributed by atoms with Gasteiger partial charge < -0.3 is 10.4 Å². The molecule has 1 aliphatic carbocycles. The van der Waals surface area contributed by atoms with E-state index in [0.717, 1.165) is 36.6 Å². The highest BCUT2D eigenvalue weighted by molar-refractivity contribution is 9.09. The quantitative estimate of drug-likeness (QED) is 0.652. The normalized spacial score (nSPS) is 19.3. The highest BCUT2D eigenvalue weighted by atomic mass is 79.9. The maximum atomic E-state index is 11.3. The SMILES string of the molecule is O=C(O)NC1CCc2ccc(CCBr)cc2C1Cc1cccc(Cl)c1. The van der Waals surface area contributed by atoms with E-state index < -0.39 is 6.09 Å². The first-order chi connectivity index (χ1) is 12.1. The monoisotopic (exact) mass is 421 g/mol. The molecule has 132 valence electrons. The molecule has 0 radical (unpaired) electrons. The van der Waals surface area contributed by atoms with Crippen LogP contribution >= 0.6 is 27.5 Å². The van der Waals surface area contributed by atoms with E-state index in [0.29, 0.717) is 5.02 Å². The average molecular weight is 423 g/mol. The van der Waals surface area contributed by atoms with Crippen molar-refractivity contribution in [3.8, 4) is 0 Å². The predicted molar refractivity (Wildman–Crippen MR) is 105 cm³/mol. The molecule has 0 bridgehead atoms. The lowest BCUT2D eigenvalue weighted by Gasteiger charge is -2.34. The lowest BCUT2D eigenvalue weighted by Crippen LogP contribution is -2.42. The molecule has 1 aliphatic rings. The van der Waals surface area contributed by atoms with Gasteiger partial charge in [0, 0.05) is 22.3 Å². The Morgan fingerprint density at radius 2 is 2.08 bits per heavy atom. The highest BCUT2D eigenvalue weighted by Gasteiger charge is 2.31. The van der Waals surface area contributed by atoms with E-state index in [1.165, 1.54) is 16.7 Å². The molecule has 0 heterocycles. The van der Waals surface area contributed by atoms with Crippen molar-refractivity contribution >= 4 is 33.6 Å². The van der Waals surface area contributed by atoms with Crippen LogP contribution in [0.4, 0.5) is 4.79 Å². The number of alkyl halides is 1. The fourth-order valence-electron chi connectivity index (χ4n) is 3.71. The standard InChI is InChI=1S/C20H21BrClNO2/c21-9-8-13-4-5-15-6-7-19(23-20(24)25)18(17(15)11-13)12-14-2-1-3-16(22)10-14/h1-5,10-11,18-19,23H,6-9,12H2,(H,24,25). The number of fused-ring (bicyclic) bond motifs is 1. The van der Waals surface area contributed by atoms with Crippen LogP contribution in [0.25, 0.3) is 0 Å². The smallest absolute Gasteiger partial charge is 0.404 e. The number of carbonyl (C=O) groups is 1. The number of hydrogen-bond acceptors (Lipinski definition) is 1. The Kier molecular flexibility index (Phi) is 6.02. The third kappa shape index (κ3) is 4.56. The van der Waals surface area contributed by atoms with Gasteiger partial charge in [-0.05, 0) is 60.1 Å². The van der Waals surface area contributed by atoms with Crippen molar-refractivity contribution in [2.45, 2.75) is 37.6 Å². The molecule has 3 rings (SSSR count). The number of carboxylic acid groups (broad SMARTS) is 1. The molecule has 0 fully saturated rings. The third-order valence-electron chi connectivity index (χ3n) is 4.86. The molecule has 2 N–H and O–H groups in total. The summed E-state index contributed by atoms with van der Waals surface area (Å²) in [7, 11) is 0. The molecule has 0 aromatic heterocycles. The van der Waals surface area contributed by atoms with E-state index in [9.17, 15) is 9.90 Å². The van der Waals surface area contributed by atoms with Gasteiger partial charge in [0.2, 0.25) is 0 Å². The van der Waals surface area contributed by atoms with Crippen molar-refractivity contribution in [1.29, 1.82) is 0 Å². The lowest BCUT2D eigenvalue weighted by molar-refractivity contribution is 0.185. The van der Waals surface area contributed by atoms with E-state index in [1.807, 2.05) is 18.2 Å². The summed E-state index contributed by atoms with van der Waals surface area (Å²) < 4.78 is 0. The number of nitrogens with one attached hydrogen (secondary N) is 1. The Labute approximate surface area is 161 Å². The molecule has 2 aromatic rings. The van der Waals surface area contributed by atoms with Crippen LogP contribution in [0.5, 0.6) is 0 Å². The first-order valence-electron chi connectivity index (χ1n) is 8.48. The summed E-state index contributed by atoms with van der Waals surface area (Å²) in [6, 6.07) is 14.4. The van der Waals surface area contributed by atoms with E-state index in [-0.39, 0.29) is 12.0 Å². The predicted octanol–water partition coefficient (Wildman–Crippen LogP) is 5.19. The molecular formula is C20H21BrClNO2. The van der Waals surface area contributed by atoms with Crippen LogP contribution in [0.1, 0.15) is 34.6 Å². The Morgan fingerprint density at radius 3 is 2.80 bits per heavy atom. The molecule has 25 heavy (non-hydrogen) atoms. The van der Waals surface area contributed by atoms with Gasteiger partial charge >= 0.3 is 6.09 Å². The first kappa shape index (κ1) is 18.3. The third-order valence-corrected chi connectivity index (χ3v) is 5.49. The molecule has 0 saturated heterocycles. The summed E-state index contributed by atoms with van der Waals surface area (Å²) in [5.74, 6) is 0.119. The van der Waals surface area contributed by atoms with Gasteiger partial charge in [-0.15, -0.1) is 0 Å². The van der Waals surface area contributed by atoms with Crippen molar-refractivity contribution < 1.29 is 9.90 Å². The van der Waals surface area contributed by atoms with Crippen molar-refractivity contribution in [1.82, 2.24) is 5.32 Å². The van der Waals surface area contributed by atoms with Gasteiger partial charge in [0.1, 0.15) is 0 Å². The summed E-state index contributed by atoms with van der Waals surface area (Å²) in [5.41, 5.74) is 5.01. The van der Waals surface area contributed by atoms with Crippen LogP contribution in [-0.2, 0) is 19.3 Å². The zero-order chi connectivity index (χ0) is 17.8. The van der Waals surface area contributed by atoms with Crippen molar-refractivity contribution in [3.63, 3.8) is 0 Å². The Hall–Kier alpha value is -1.52. The minimum absolute atomic E-state index is 0.0804. The second-order valence-corrected chi connectivity index (χ2v) is 7.74. The summed E-state index contributed by atoms with van der Waals surface area (Å²) in [6.07, 6.45) is 2.51. The summed E-state index contributed by atoms with van der Waals surface area (Å²) in [6.45, 7) is 0. The molecule has 2 unspecified atom stereocenters. The summed E-state index contributed by atoms with van der Waals surface area (Å²) >= 11 is 9.63. The van der Waals surface area contributed by atoms with Gasteiger partial charge in [0.05, 0.1) is 0 Å². The van der Waals surface area contributed by atoms with E-state index in [4.69, 9.17) is 11.6 Å². The second-order valence-electron chi connectivity index (χ2n) is 6.51. The van der Waals surface area contributed by atoms with Gasteiger partial charge in [0.25, 0.3) is 0 Å². The molecular weight excluding hydrogens is 402 g/mol. The van der Waals surface area contributed by atoms with Crippen LogP contribution in [0.15, 0.2) is 42.5 Å². The van der Waals surface area contributed by atoms with Gasteiger partial charge in [0.15, 0.2) is 0 Å². The van der Waals surface area contributed by atoms with Crippen LogP contribution in [0.2, 0.25) is 5.02 Å². The van der Waals surface area contributed by atoms with Crippen LogP contribution in [0, 0.1) is 0 Å². The van der Waals surface area contributed by atoms with E-state index in [1.54, 1.807) is 0 Å². The van der Waals surface area contributed by atoms with Crippen LogP contribution in [-0.4, -0.2) is 22.6 Å². The van der Waals surface area contributed by atoms with E-state index >= 15 is 0 Å². The first-order valence-corrected chi connectivity index (χ1v) is 9.98. The molecule has 0 aliphatic heterocycles. The van der Waals surface area contributed by atoms with Crippen molar-refractivity contribution in [2.75, 3.05) is 5.33 Å². The Bertz CT molecular complexity index is 765. The topological polar surface area (TPSA) is 49.3 Å². The molecule has 0 spiro atoms. The Balaban J connectivity index is 1.96. The summed E-state index contributed by atoms with van der Waals surface area (Å²) in [4.78, 5) is 11.3. The van der Waals surface area contributed by atoms with Gasteiger partial charge in [-0.25, -0.2) is 4.79 Å². The number of aryl methyl sites for hydroxylation is 2. The van der Waals surface area contributed by atoms with Gasteiger partial charge in [-0.3, -0.25) is 0 Å². The molecule has 5 heteroatoms. The number of amides is 1. The molecule has 2 atom stereocenters. The van der Waals surface area contributed by atoms with Gasteiger partial charge in [-0.2, -0.15) is 0 Å². The number of halogens is 2. The molecule has 1 amide bonds. The minimum Gasteiger partial charge on any atom is -0.465 e. The molecule has 2 aromatic carbocycles. The highest BCUT2D eigenvalue weighted by Crippen LogP contribution is 2.35. The van der Waals surface area contributed by atoms with Gasteiger partial charge in [-0.1, -0.05) is 57.9 Å². The zero-order valence-corrected chi connectivity index (χ0v) is 16.2. The largest absolute Gasteiger partial charge is 0.465 e. The van der Waals surface area contributed by atoms with Crippen LogP contribution in [0.3, 0.4) is 0 Å². The maximum absolute atomic E-state index is 11.3. The minimum atomic E-state index is -0.957. The zero-order valence-electron chi connectivity index (χ0n) is 13.8. The number of hydrogen-bond donors (Lipinski definition) is 2. The Morgan fingerprint density at radius 1 is 1.24 bits per heavy atom. The fraction of sp³-hybridized carbons (Fsp3) is 0.350. The second kappa shape index (κ2) is 8.24. The van der Waals surface area contributed by atoms with Crippen molar-refractivity contribution in [3.05, 3.63) is 69.7 Å². The number of rotatable bonds is 5. The van der Waals surface area contributed by atoms with Crippen molar-refractivity contribution in [2.24, 2.45) is 0 Å². The lowest BCUT2D eigenvalue weighted by atomic mass is 9.75. The number of benzene rings is 2. The molecule has 0 saturated carbocycles. The summed E-state index contributed by atoms with van der Waals surface area (Å²) in [5, 5.41) is 13.6. The average Bonchev–Trinajstić information content (AvgIpc) is 2.57. The van der Waals surface area contributed by atoms with Crippen LogP contribution < -0.4 is 5.32 Å². The fourth-order valence-corrected chi connectivity index (χ4v) is 4.38. The van der Waals surface area contributed by atoms with E-state index in [2.05, 4.69) is 45.5 Å².